The van der Waals surface area contributed by atoms with E-state index in [2.05, 4.69) is 20.5 Å². The molecule has 0 saturated heterocycles. The highest BCUT2D eigenvalue weighted by molar-refractivity contribution is 6.45. The van der Waals surface area contributed by atoms with Gasteiger partial charge >= 0.3 is 0 Å². The number of hydrogen-bond acceptors (Lipinski definition) is 6. The average Bonchev–Trinajstić information content (AvgIpc) is 3.41. The van der Waals surface area contributed by atoms with Crippen LogP contribution in [0.2, 0.25) is 5.15 Å². The summed E-state index contributed by atoms with van der Waals surface area (Å²) < 4.78 is 29.0. The average molecular weight is 503 g/mol. The molecule has 3 aromatic heterocycles. The van der Waals surface area contributed by atoms with Gasteiger partial charge in [0.15, 0.2) is 16.7 Å². The third-order valence-corrected chi connectivity index (χ3v) is 6.38. The first-order chi connectivity index (χ1) is 17.2. The van der Waals surface area contributed by atoms with Gasteiger partial charge in [-0.1, -0.05) is 11.6 Å². The van der Waals surface area contributed by atoms with Crippen molar-refractivity contribution in [1.29, 1.82) is 0 Å². The Balaban J connectivity index is 1.85. The molecule has 8 nitrogen and oxygen atoms in total. The summed E-state index contributed by atoms with van der Waals surface area (Å²) in [6, 6.07) is 6.20. The Hall–Kier alpha value is -3.30. The standard InChI is InChI=1S/C24H22B2ClFN6O2/c1-4-34-21-13-8-18(23(29-9-13)30-12-35-3)36-11-14-7-15(28)5-6-16(14)20-17(10-33(2)31-20)24(25,26)19(21)22(27)32-34/h5-10H,4,11-12H2,1-3H3,(H,29,30). The number of nitrogens with one attached hydrogen (secondary N) is 1. The van der Waals surface area contributed by atoms with Crippen molar-refractivity contribution in [2.24, 2.45) is 7.05 Å². The van der Waals surface area contributed by atoms with E-state index in [1.807, 2.05) is 6.92 Å². The van der Waals surface area contributed by atoms with Crippen molar-refractivity contribution in [2.45, 2.75) is 25.3 Å². The molecule has 0 saturated carbocycles. The quantitative estimate of drug-likeness (QED) is 0.339. The van der Waals surface area contributed by atoms with Crippen molar-refractivity contribution in [2.75, 3.05) is 19.2 Å². The zero-order valence-corrected chi connectivity index (χ0v) is 20.8. The number of nitrogens with zero attached hydrogens (tertiary/aromatic N) is 5. The molecule has 0 aliphatic carbocycles. The van der Waals surface area contributed by atoms with Crippen molar-refractivity contribution >= 4 is 33.1 Å². The second-order valence-electron chi connectivity index (χ2n) is 8.53. The minimum absolute atomic E-state index is 0.0404. The maximum absolute atomic E-state index is 14.3. The first-order valence-corrected chi connectivity index (χ1v) is 11.7. The number of rotatable bonds is 4. The molecule has 36 heavy (non-hydrogen) atoms. The molecule has 4 radical (unpaired) electrons. The lowest BCUT2D eigenvalue weighted by molar-refractivity contribution is 0.220. The number of fused-ring (bicyclic) bond motifs is 7. The Morgan fingerprint density at radius 3 is 2.83 bits per heavy atom. The second-order valence-corrected chi connectivity index (χ2v) is 8.89. The fraction of sp³-hybridized carbons (Fsp3) is 0.292. The van der Waals surface area contributed by atoms with Gasteiger partial charge in [-0.3, -0.25) is 9.36 Å². The van der Waals surface area contributed by atoms with Crippen LogP contribution in [-0.2, 0) is 30.1 Å². The van der Waals surface area contributed by atoms with Gasteiger partial charge in [-0.05, 0) is 42.0 Å². The van der Waals surface area contributed by atoms with Gasteiger partial charge < -0.3 is 14.8 Å². The number of hydrogen-bond donors (Lipinski definition) is 1. The zero-order valence-electron chi connectivity index (χ0n) is 20.0. The zero-order chi connectivity index (χ0) is 25.6. The van der Waals surface area contributed by atoms with Gasteiger partial charge in [0.2, 0.25) is 0 Å². The van der Waals surface area contributed by atoms with Gasteiger partial charge in [0.25, 0.3) is 0 Å². The van der Waals surface area contributed by atoms with Crippen LogP contribution in [0.25, 0.3) is 22.5 Å². The Bertz CT molecular complexity index is 1450. The third kappa shape index (κ3) is 4.06. The molecular weight excluding hydrogens is 480 g/mol. The summed E-state index contributed by atoms with van der Waals surface area (Å²) in [4.78, 5) is 4.55. The second kappa shape index (κ2) is 9.29. The predicted octanol–water partition coefficient (Wildman–Crippen LogP) is 3.60. The van der Waals surface area contributed by atoms with Crippen LogP contribution < -0.4 is 10.1 Å². The number of halogens is 2. The van der Waals surface area contributed by atoms with Crippen LogP contribution in [0.5, 0.6) is 5.75 Å². The van der Waals surface area contributed by atoms with Crippen LogP contribution in [0.15, 0.2) is 36.7 Å². The third-order valence-electron chi connectivity index (χ3n) is 6.11. The summed E-state index contributed by atoms with van der Waals surface area (Å²) in [5, 5.41) is 10.8. The molecule has 1 N–H and O–H groups in total. The first-order valence-electron chi connectivity index (χ1n) is 11.3. The number of aromatic nitrogens is 5. The van der Waals surface area contributed by atoms with Crippen molar-refractivity contribution < 1.29 is 13.9 Å². The molecular formula is C24H22B2ClFN6O2. The summed E-state index contributed by atoms with van der Waals surface area (Å²) in [6.45, 7) is 2.70. The molecule has 12 heteroatoms. The maximum Gasteiger partial charge on any atom is 0.170 e. The molecule has 0 fully saturated rings. The van der Waals surface area contributed by atoms with E-state index in [-0.39, 0.29) is 18.5 Å². The van der Waals surface area contributed by atoms with Crippen LogP contribution in [0, 0.1) is 5.82 Å². The van der Waals surface area contributed by atoms with Crippen LogP contribution in [0.1, 0.15) is 23.6 Å². The van der Waals surface area contributed by atoms with Gasteiger partial charge in [0, 0.05) is 55.3 Å². The van der Waals surface area contributed by atoms with Crippen molar-refractivity contribution in [3.63, 3.8) is 0 Å². The van der Waals surface area contributed by atoms with Gasteiger partial charge in [-0.25, -0.2) is 9.37 Å². The highest BCUT2D eigenvalue weighted by Crippen LogP contribution is 2.44. The Morgan fingerprint density at radius 1 is 1.28 bits per heavy atom. The number of benzene rings is 1. The fourth-order valence-corrected chi connectivity index (χ4v) is 4.81. The summed E-state index contributed by atoms with van der Waals surface area (Å²) in [5.41, 5.74) is 3.85. The summed E-state index contributed by atoms with van der Waals surface area (Å²) in [6.07, 6.45) is 3.40. The molecule has 5 rings (SSSR count). The van der Waals surface area contributed by atoms with E-state index in [1.165, 1.54) is 12.1 Å². The minimum atomic E-state index is -1.59. The van der Waals surface area contributed by atoms with E-state index in [4.69, 9.17) is 36.8 Å². The van der Waals surface area contributed by atoms with E-state index >= 15 is 0 Å². The van der Waals surface area contributed by atoms with E-state index in [0.717, 1.165) is 0 Å². The number of methoxy groups -OCH3 is 1. The van der Waals surface area contributed by atoms with Crippen molar-refractivity contribution in [3.05, 3.63) is 64.3 Å². The van der Waals surface area contributed by atoms with E-state index < -0.39 is 11.0 Å². The summed E-state index contributed by atoms with van der Waals surface area (Å²) in [5.74, 6) is 0.469. The molecule has 0 atom stereocenters. The highest BCUT2D eigenvalue weighted by Gasteiger charge is 2.36. The number of aryl methyl sites for hydroxylation is 2. The molecule has 1 aromatic carbocycles. The normalized spacial score (nSPS) is 14.0. The van der Waals surface area contributed by atoms with E-state index in [9.17, 15) is 4.39 Å². The van der Waals surface area contributed by atoms with Crippen molar-refractivity contribution in [3.8, 4) is 28.3 Å². The molecule has 1 aliphatic heterocycles. The Kier molecular flexibility index (Phi) is 6.30. The molecule has 2 bridgehead atoms. The monoisotopic (exact) mass is 502 g/mol. The molecule has 0 spiro atoms. The van der Waals surface area contributed by atoms with E-state index in [1.54, 1.807) is 48.0 Å². The molecule has 4 heterocycles. The Morgan fingerprint density at radius 2 is 2.08 bits per heavy atom. The fourth-order valence-electron chi connectivity index (χ4n) is 4.47. The predicted molar refractivity (Wildman–Crippen MR) is 137 cm³/mol. The largest absolute Gasteiger partial charge is 0.485 e. The topological polar surface area (TPSA) is 79.0 Å². The SMILES string of the molecule is [B]C1([B])c2cn(C)nc2-c2ccc(F)cc2COc2cc(cnc2NCOC)-c2c1c(Cl)nn2CC. The van der Waals surface area contributed by atoms with Crippen LogP contribution >= 0.6 is 11.6 Å². The molecule has 180 valence electrons. The Labute approximate surface area is 215 Å². The molecule has 0 unspecified atom stereocenters. The lowest BCUT2D eigenvalue weighted by Crippen LogP contribution is -2.30. The van der Waals surface area contributed by atoms with Crippen LogP contribution in [0.3, 0.4) is 0 Å². The van der Waals surface area contributed by atoms with Gasteiger partial charge in [0.1, 0.15) is 19.2 Å². The lowest BCUT2D eigenvalue weighted by atomic mass is 9.47. The highest BCUT2D eigenvalue weighted by atomic mass is 35.5. The molecule has 4 aromatic rings. The minimum Gasteiger partial charge on any atom is -0.485 e. The smallest absolute Gasteiger partial charge is 0.170 e. The van der Waals surface area contributed by atoms with Gasteiger partial charge in [-0.15, -0.1) is 0 Å². The van der Waals surface area contributed by atoms with Crippen LogP contribution in [-0.4, -0.2) is 54.1 Å². The van der Waals surface area contributed by atoms with Crippen LogP contribution in [0.4, 0.5) is 10.2 Å². The maximum atomic E-state index is 14.3. The molecule has 1 aliphatic rings. The number of ether oxygens (including phenoxy) is 2. The van der Waals surface area contributed by atoms with Gasteiger partial charge in [0.05, 0.1) is 27.1 Å². The summed E-state index contributed by atoms with van der Waals surface area (Å²) >= 11 is 6.67. The molecule has 0 amide bonds. The summed E-state index contributed by atoms with van der Waals surface area (Å²) in [7, 11) is 17.1. The van der Waals surface area contributed by atoms with E-state index in [0.29, 0.717) is 57.3 Å². The number of anilines is 1. The van der Waals surface area contributed by atoms with Crippen molar-refractivity contribution in [1.82, 2.24) is 24.5 Å². The first kappa shape index (κ1) is 24.4. The lowest BCUT2D eigenvalue weighted by Gasteiger charge is -2.28. The number of pyridine rings is 1. The van der Waals surface area contributed by atoms with Gasteiger partial charge in [-0.2, -0.15) is 10.2 Å².